The van der Waals surface area contributed by atoms with E-state index >= 15 is 0 Å². The molecule has 0 aromatic heterocycles. The quantitative estimate of drug-likeness (QED) is 0.568. The SMILES string of the molecule is CC(F)(F)c1ccc(Oc2cccc3cc(C(=O)N4CC(NCCF)C4)ccc23)cc1. The van der Waals surface area contributed by atoms with Crippen LogP contribution < -0.4 is 10.1 Å². The second-order valence-electron chi connectivity index (χ2n) is 7.76. The third kappa shape index (κ3) is 4.66. The molecule has 0 unspecified atom stereocenters. The molecule has 0 aliphatic carbocycles. The number of alkyl halides is 3. The summed E-state index contributed by atoms with van der Waals surface area (Å²) in [5, 5.41) is 4.71. The van der Waals surface area contributed by atoms with E-state index in [0.717, 1.165) is 17.7 Å². The fraction of sp³-hybridized carbons (Fsp3) is 0.292. The van der Waals surface area contributed by atoms with Gasteiger partial charge in [0.2, 0.25) is 0 Å². The zero-order valence-corrected chi connectivity index (χ0v) is 17.1. The maximum atomic E-state index is 13.4. The fourth-order valence-corrected chi connectivity index (χ4v) is 3.63. The molecule has 3 aromatic rings. The van der Waals surface area contributed by atoms with Crippen molar-refractivity contribution in [1.82, 2.24) is 10.2 Å². The first-order valence-corrected chi connectivity index (χ1v) is 10.1. The van der Waals surface area contributed by atoms with Crippen LogP contribution in [0.1, 0.15) is 22.8 Å². The van der Waals surface area contributed by atoms with Crippen LogP contribution >= 0.6 is 0 Å². The number of likely N-dealkylation sites (tertiary alicyclic amines) is 1. The Hall–Kier alpha value is -3.06. The molecular weight excluding hydrogens is 405 g/mol. The van der Waals surface area contributed by atoms with E-state index in [2.05, 4.69) is 5.32 Å². The van der Waals surface area contributed by atoms with Gasteiger partial charge in [-0.25, -0.2) is 13.2 Å². The van der Waals surface area contributed by atoms with Crippen LogP contribution in [0.15, 0.2) is 60.7 Å². The second kappa shape index (κ2) is 8.59. The van der Waals surface area contributed by atoms with E-state index in [0.29, 0.717) is 36.7 Å². The molecule has 1 N–H and O–H groups in total. The summed E-state index contributed by atoms with van der Waals surface area (Å²) in [6.07, 6.45) is 0. The third-order valence-electron chi connectivity index (χ3n) is 5.37. The first-order chi connectivity index (χ1) is 14.8. The molecule has 1 aliphatic rings. The van der Waals surface area contributed by atoms with E-state index in [1.807, 2.05) is 24.3 Å². The van der Waals surface area contributed by atoms with E-state index in [1.165, 1.54) is 24.3 Å². The predicted octanol–water partition coefficient (Wildman–Crippen LogP) is 5.13. The molecule has 1 amide bonds. The summed E-state index contributed by atoms with van der Waals surface area (Å²) in [6.45, 7) is 1.86. The molecule has 0 radical (unpaired) electrons. The van der Waals surface area contributed by atoms with Gasteiger partial charge in [0.05, 0.1) is 0 Å². The van der Waals surface area contributed by atoms with Gasteiger partial charge in [-0.1, -0.05) is 12.1 Å². The normalized spacial score (nSPS) is 14.5. The van der Waals surface area contributed by atoms with Gasteiger partial charge in [-0.05, 0) is 53.9 Å². The molecule has 0 bridgehead atoms. The molecule has 0 atom stereocenters. The monoisotopic (exact) mass is 428 g/mol. The van der Waals surface area contributed by atoms with Crippen molar-refractivity contribution in [2.75, 3.05) is 26.3 Å². The van der Waals surface area contributed by atoms with Crippen molar-refractivity contribution in [3.8, 4) is 11.5 Å². The highest BCUT2D eigenvalue weighted by molar-refractivity contribution is 6.00. The summed E-state index contributed by atoms with van der Waals surface area (Å²) in [6, 6.07) is 16.8. The summed E-state index contributed by atoms with van der Waals surface area (Å²) < 4.78 is 44.9. The fourth-order valence-electron chi connectivity index (χ4n) is 3.63. The van der Waals surface area contributed by atoms with Crippen LogP contribution in [0.2, 0.25) is 0 Å². The van der Waals surface area contributed by atoms with Crippen molar-refractivity contribution < 1.29 is 22.7 Å². The van der Waals surface area contributed by atoms with Crippen molar-refractivity contribution in [3.05, 3.63) is 71.8 Å². The number of ether oxygens (including phenoxy) is 1. The molecule has 0 spiro atoms. The van der Waals surface area contributed by atoms with Crippen LogP contribution in [0, 0.1) is 0 Å². The average Bonchev–Trinajstić information content (AvgIpc) is 2.72. The molecule has 3 aromatic carbocycles. The number of nitrogens with zero attached hydrogens (tertiary/aromatic N) is 1. The molecule has 31 heavy (non-hydrogen) atoms. The molecule has 1 heterocycles. The minimum atomic E-state index is -2.90. The predicted molar refractivity (Wildman–Crippen MR) is 114 cm³/mol. The lowest BCUT2D eigenvalue weighted by Crippen LogP contribution is -2.60. The summed E-state index contributed by atoms with van der Waals surface area (Å²) in [5.41, 5.74) is 0.497. The average molecular weight is 428 g/mol. The largest absolute Gasteiger partial charge is 0.457 e. The van der Waals surface area contributed by atoms with Gasteiger partial charge in [-0.3, -0.25) is 4.79 Å². The smallest absolute Gasteiger partial charge is 0.270 e. The van der Waals surface area contributed by atoms with Crippen molar-refractivity contribution in [3.63, 3.8) is 0 Å². The van der Waals surface area contributed by atoms with Crippen LogP contribution in [-0.4, -0.2) is 43.2 Å². The zero-order chi connectivity index (χ0) is 22.0. The number of hydrogen-bond acceptors (Lipinski definition) is 3. The van der Waals surface area contributed by atoms with Gasteiger partial charge in [0, 0.05) is 49.1 Å². The summed E-state index contributed by atoms with van der Waals surface area (Å²) in [5.74, 6) is -1.94. The summed E-state index contributed by atoms with van der Waals surface area (Å²) >= 11 is 0. The van der Waals surface area contributed by atoms with Crippen LogP contribution in [-0.2, 0) is 5.92 Å². The Balaban J connectivity index is 1.49. The van der Waals surface area contributed by atoms with Gasteiger partial charge in [0.1, 0.15) is 18.2 Å². The Morgan fingerprint density at radius 2 is 1.87 bits per heavy atom. The van der Waals surface area contributed by atoms with Gasteiger partial charge < -0.3 is 15.0 Å². The van der Waals surface area contributed by atoms with Gasteiger partial charge in [-0.2, -0.15) is 0 Å². The van der Waals surface area contributed by atoms with Gasteiger partial charge >= 0.3 is 0 Å². The number of amides is 1. The number of carbonyl (C=O) groups excluding carboxylic acids is 1. The number of hydrogen-bond donors (Lipinski definition) is 1. The van der Waals surface area contributed by atoms with Gasteiger partial charge in [0.25, 0.3) is 11.8 Å². The van der Waals surface area contributed by atoms with E-state index in [9.17, 15) is 18.0 Å². The second-order valence-corrected chi connectivity index (χ2v) is 7.76. The number of halogens is 3. The number of rotatable bonds is 7. The first-order valence-electron chi connectivity index (χ1n) is 10.1. The Bertz CT molecular complexity index is 1070. The van der Waals surface area contributed by atoms with E-state index < -0.39 is 12.6 Å². The Morgan fingerprint density at radius 3 is 2.55 bits per heavy atom. The maximum Gasteiger partial charge on any atom is 0.270 e. The minimum absolute atomic E-state index is 0.0670. The van der Waals surface area contributed by atoms with Crippen LogP contribution in [0.4, 0.5) is 13.2 Å². The number of fused-ring (bicyclic) bond motifs is 1. The highest BCUT2D eigenvalue weighted by Gasteiger charge is 2.30. The van der Waals surface area contributed by atoms with E-state index in [4.69, 9.17) is 4.74 Å². The maximum absolute atomic E-state index is 13.4. The van der Waals surface area contributed by atoms with Crippen LogP contribution in [0.25, 0.3) is 10.8 Å². The zero-order valence-electron chi connectivity index (χ0n) is 17.1. The standard InChI is InChI=1S/C24H23F3N2O2/c1-24(26,27)18-6-8-20(9-7-18)31-22-4-2-3-16-13-17(5-10-21(16)22)23(30)29-14-19(15-29)28-12-11-25/h2-10,13,19,28H,11-12,14-15H2,1H3. The summed E-state index contributed by atoms with van der Waals surface area (Å²) in [4.78, 5) is 14.4. The molecule has 1 saturated heterocycles. The lowest BCUT2D eigenvalue weighted by molar-refractivity contribution is 0.0174. The Morgan fingerprint density at radius 1 is 1.13 bits per heavy atom. The lowest BCUT2D eigenvalue weighted by atomic mass is 10.0. The molecule has 0 saturated carbocycles. The number of nitrogens with one attached hydrogen (secondary N) is 1. The third-order valence-corrected chi connectivity index (χ3v) is 5.37. The van der Waals surface area contributed by atoms with Crippen molar-refractivity contribution in [1.29, 1.82) is 0 Å². The van der Waals surface area contributed by atoms with Crippen molar-refractivity contribution in [2.24, 2.45) is 0 Å². The molecule has 4 nitrogen and oxygen atoms in total. The van der Waals surface area contributed by atoms with Gasteiger partial charge in [0.15, 0.2) is 0 Å². The minimum Gasteiger partial charge on any atom is -0.457 e. The number of benzene rings is 3. The molecular formula is C24H23F3N2O2. The van der Waals surface area contributed by atoms with Crippen molar-refractivity contribution in [2.45, 2.75) is 18.9 Å². The highest BCUT2D eigenvalue weighted by Crippen LogP contribution is 2.33. The Kier molecular flexibility index (Phi) is 5.87. The molecule has 4 rings (SSSR count). The van der Waals surface area contributed by atoms with Crippen molar-refractivity contribution >= 4 is 16.7 Å². The van der Waals surface area contributed by atoms with Crippen LogP contribution in [0.5, 0.6) is 11.5 Å². The molecule has 1 aliphatic heterocycles. The topological polar surface area (TPSA) is 41.6 Å². The van der Waals surface area contributed by atoms with E-state index in [-0.39, 0.29) is 17.5 Å². The van der Waals surface area contributed by atoms with E-state index in [1.54, 1.807) is 17.0 Å². The highest BCUT2D eigenvalue weighted by atomic mass is 19.3. The molecule has 1 fully saturated rings. The molecule has 7 heteroatoms. The lowest BCUT2D eigenvalue weighted by Gasteiger charge is -2.39. The number of carbonyl (C=O) groups is 1. The molecule has 162 valence electrons. The first kappa shape index (κ1) is 21.2. The summed E-state index contributed by atoms with van der Waals surface area (Å²) in [7, 11) is 0. The van der Waals surface area contributed by atoms with Crippen LogP contribution in [0.3, 0.4) is 0 Å². The Labute approximate surface area is 178 Å². The van der Waals surface area contributed by atoms with Gasteiger partial charge in [-0.15, -0.1) is 0 Å².